The molecule has 0 fully saturated rings. The summed E-state index contributed by atoms with van der Waals surface area (Å²) in [5.74, 6) is -1.55. The smallest absolute Gasteiger partial charge is 0.290 e. The molecule has 3 aromatic rings. The van der Waals surface area contributed by atoms with Crippen molar-refractivity contribution in [3.8, 4) is 11.5 Å². The van der Waals surface area contributed by atoms with Crippen molar-refractivity contribution < 1.29 is 28.6 Å². The third kappa shape index (κ3) is 3.35. The number of aliphatic hydroxyl groups excluding tert-OH is 1. The maximum absolute atomic E-state index is 14.1. The van der Waals surface area contributed by atoms with Crippen molar-refractivity contribution in [1.29, 1.82) is 0 Å². The Morgan fingerprint density at radius 1 is 1.12 bits per heavy atom. The number of hydrogen-bond donors (Lipinski definition) is 1. The lowest BCUT2D eigenvalue weighted by Gasteiger charge is -2.27. The number of carbonyl (C=O) groups excluding carboxylic acids is 2. The molecule has 5 rings (SSSR count). The van der Waals surface area contributed by atoms with Crippen LogP contribution in [0.1, 0.15) is 27.5 Å². The maximum atomic E-state index is 14.1. The van der Waals surface area contributed by atoms with Gasteiger partial charge in [0.05, 0.1) is 11.6 Å². The minimum absolute atomic E-state index is 0.0458. The minimum atomic E-state index is -0.976. The third-order valence-electron chi connectivity index (χ3n) is 5.42. The van der Waals surface area contributed by atoms with E-state index in [4.69, 9.17) is 9.47 Å². The Labute approximate surface area is 182 Å². The van der Waals surface area contributed by atoms with Crippen molar-refractivity contribution >= 4 is 11.7 Å². The van der Waals surface area contributed by atoms with Crippen LogP contribution in [0.5, 0.6) is 11.5 Å². The number of carbonyl (C=O) groups is 2. The van der Waals surface area contributed by atoms with Gasteiger partial charge in [0.25, 0.3) is 5.91 Å². The van der Waals surface area contributed by atoms with Crippen LogP contribution in [0.3, 0.4) is 0 Å². The molecule has 2 aliphatic rings. The Hall–Kier alpha value is -4.20. The first-order valence-corrected chi connectivity index (χ1v) is 9.86. The van der Waals surface area contributed by atoms with E-state index in [0.29, 0.717) is 22.6 Å². The lowest BCUT2D eigenvalue weighted by Crippen LogP contribution is -2.30. The van der Waals surface area contributed by atoms with Gasteiger partial charge in [0.15, 0.2) is 23.0 Å². The Morgan fingerprint density at radius 3 is 2.75 bits per heavy atom. The number of nitrogens with zero attached hydrogens (tertiary/aromatic N) is 2. The van der Waals surface area contributed by atoms with E-state index in [-0.39, 0.29) is 24.5 Å². The molecule has 2 aliphatic heterocycles. The highest BCUT2D eigenvalue weighted by atomic mass is 19.1. The molecule has 1 atom stereocenters. The number of benzene rings is 2. The molecule has 0 saturated heterocycles. The molecule has 1 amide bonds. The number of halogens is 1. The number of pyridine rings is 1. The van der Waals surface area contributed by atoms with E-state index < -0.39 is 29.3 Å². The highest BCUT2D eigenvalue weighted by molar-refractivity contribution is 6.16. The SMILES string of the molecule is O=C(C1=C(O)C(=O)N(Cc2cccnc2)C1c1cccc(F)c1)c1ccc2c(c1)OCO2. The van der Waals surface area contributed by atoms with E-state index in [2.05, 4.69) is 4.98 Å². The van der Waals surface area contributed by atoms with Crippen molar-refractivity contribution in [2.75, 3.05) is 6.79 Å². The number of fused-ring (bicyclic) bond motifs is 1. The predicted octanol–water partition coefficient (Wildman–Crippen LogP) is 3.73. The van der Waals surface area contributed by atoms with Crippen molar-refractivity contribution in [3.63, 3.8) is 0 Å². The summed E-state index contributed by atoms with van der Waals surface area (Å²) in [5, 5.41) is 10.7. The molecule has 1 unspecified atom stereocenters. The predicted molar refractivity (Wildman–Crippen MR) is 110 cm³/mol. The molecule has 0 bridgehead atoms. The molecular weight excluding hydrogens is 415 g/mol. The van der Waals surface area contributed by atoms with Crippen molar-refractivity contribution in [1.82, 2.24) is 9.88 Å². The molecular formula is C24H17FN2O5. The number of aliphatic hydroxyl groups is 1. The second-order valence-electron chi connectivity index (χ2n) is 7.41. The first-order valence-electron chi connectivity index (χ1n) is 9.86. The zero-order valence-corrected chi connectivity index (χ0v) is 16.7. The summed E-state index contributed by atoms with van der Waals surface area (Å²) in [6, 6.07) is 12.8. The van der Waals surface area contributed by atoms with Gasteiger partial charge >= 0.3 is 0 Å². The van der Waals surface area contributed by atoms with Crippen molar-refractivity contribution in [2.24, 2.45) is 0 Å². The summed E-state index contributed by atoms with van der Waals surface area (Å²) in [4.78, 5) is 31.9. The lowest BCUT2D eigenvalue weighted by molar-refractivity contribution is -0.130. The standard InChI is InChI=1S/C24H17FN2O5/c25-17-5-1-4-15(9-17)21-20(22(28)16-6-7-18-19(10-16)32-13-31-18)23(29)24(30)27(21)12-14-3-2-8-26-11-14/h1-11,21,29H,12-13H2. The first-order chi connectivity index (χ1) is 15.5. The molecule has 0 radical (unpaired) electrons. The highest BCUT2D eigenvalue weighted by Gasteiger charge is 2.44. The average Bonchev–Trinajstić information content (AvgIpc) is 3.37. The number of rotatable bonds is 5. The molecule has 160 valence electrons. The van der Waals surface area contributed by atoms with Crippen LogP contribution in [0.4, 0.5) is 4.39 Å². The van der Waals surface area contributed by atoms with Crippen molar-refractivity contribution in [2.45, 2.75) is 12.6 Å². The summed E-state index contributed by atoms with van der Waals surface area (Å²) in [7, 11) is 0. The second kappa shape index (κ2) is 7.81. The molecule has 0 spiro atoms. The average molecular weight is 432 g/mol. The number of Topliss-reactive ketones (excluding diaryl/α,β-unsaturated/α-hetero) is 1. The van der Waals surface area contributed by atoms with E-state index in [1.807, 2.05) is 0 Å². The van der Waals surface area contributed by atoms with E-state index >= 15 is 0 Å². The molecule has 8 heteroatoms. The van der Waals surface area contributed by atoms with E-state index in [0.717, 1.165) is 0 Å². The second-order valence-corrected chi connectivity index (χ2v) is 7.41. The molecule has 0 aliphatic carbocycles. The van der Waals surface area contributed by atoms with Gasteiger partial charge in [0.2, 0.25) is 6.79 Å². The van der Waals surface area contributed by atoms with Crippen LogP contribution < -0.4 is 9.47 Å². The number of amides is 1. The molecule has 2 aromatic carbocycles. The monoisotopic (exact) mass is 432 g/mol. The van der Waals surface area contributed by atoms with Crippen LogP contribution in [-0.4, -0.2) is 33.5 Å². The zero-order valence-electron chi connectivity index (χ0n) is 16.7. The van der Waals surface area contributed by atoms with Gasteiger partial charge in [-0.1, -0.05) is 18.2 Å². The Morgan fingerprint density at radius 2 is 1.97 bits per heavy atom. The molecule has 7 nitrogen and oxygen atoms in total. The number of aromatic nitrogens is 1. The largest absolute Gasteiger partial charge is 0.503 e. The van der Waals surface area contributed by atoms with Gasteiger partial charge < -0.3 is 19.5 Å². The summed E-state index contributed by atoms with van der Waals surface area (Å²) >= 11 is 0. The summed E-state index contributed by atoms with van der Waals surface area (Å²) < 4.78 is 24.7. The Kier molecular flexibility index (Phi) is 4.82. The summed E-state index contributed by atoms with van der Waals surface area (Å²) in [5.41, 5.74) is 1.17. The quantitative estimate of drug-likeness (QED) is 0.618. The molecule has 1 N–H and O–H groups in total. The van der Waals surface area contributed by atoms with Crippen LogP contribution in [0, 0.1) is 5.82 Å². The molecule has 0 saturated carbocycles. The summed E-state index contributed by atoms with van der Waals surface area (Å²) in [6.07, 6.45) is 3.19. The van der Waals surface area contributed by atoms with E-state index in [1.54, 1.807) is 36.7 Å². The van der Waals surface area contributed by atoms with E-state index in [9.17, 15) is 19.1 Å². The molecule has 3 heterocycles. The molecule has 32 heavy (non-hydrogen) atoms. The number of ether oxygens (including phenoxy) is 2. The Balaban J connectivity index is 1.59. The topological polar surface area (TPSA) is 89.0 Å². The van der Waals surface area contributed by atoms with Crippen LogP contribution >= 0.6 is 0 Å². The van der Waals surface area contributed by atoms with Crippen LogP contribution in [-0.2, 0) is 11.3 Å². The van der Waals surface area contributed by atoms with Gasteiger partial charge in [-0.25, -0.2) is 4.39 Å². The fourth-order valence-corrected chi connectivity index (χ4v) is 3.95. The van der Waals surface area contributed by atoms with Gasteiger partial charge in [-0.05, 0) is 47.5 Å². The highest BCUT2D eigenvalue weighted by Crippen LogP contribution is 2.41. The maximum Gasteiger partial charge on any atom is 0.290 e. The number of ketones is 1. The molecule has 1 aromatic heterocycles. The van der Waals surface area contributed by atoms with Gasteiger partial charge in [0, 0.05) is 24.5 Å². The Bertz CT molecular complexity index is 1260. The fraction of sp³-hybridized carbons (Fsp3) is 0.125. The van der Waals surface area contributed by atoms with Crippen LogP contribution in [0.25, 0.3) is 0 Å². The first kappa shape index (κ1) is 19.7. The third-order valence-corrected chi connectivity index (χ3v) is 5.42. The lowest BCUT2D eigenvalue weighted by atomic mass is 9.92. The fourth-order valence-electron chi connectivity index (χ4n) is 3.95. The van der Waals surface area contributed by atoms with Crippen LogP contribution in [0.2, 0.25) is 0 Å². The minimum Gasteiger partial charge on any atom is -0.503 e. The van der Waals surface area contributed by atoms with E-state index in [1.165, 1.54) is 35.2 Å². The number of hydrogen-bond acceptors (Lipinski definition) is 6. The van der Waals surface area contributed by atoms with Gasteiger partial charge in [-0.15, -0.1) is 0 Å². The van der Waals surface area contributed by atoms with Gasteiger partial charge in [0.1, 0.15) is 5.82 Å². The summed E-state index contributed by atoms with van der Waals surface area (Å²) in [6.45, 7) is 0.125. The zero-order chi connectivity index (χ0) is 22.2. The van der Waals surface area contributed by atoms with Gasteiger partial charge in [-0.2, -0.15) is 0 Å². The van der Waals surface area contributed by atoms with Crippen molar-refractivity contribution in [3.05, 3.63) is 101 Å². The normalized spacial score (nSPS) is 17.2. The van der Waals surface area contributed by atoms with Gasteiger partial charge in [-0.3, -0.25) is 14.6 Å². The van der Waals surface area contributed by atoms with Crippen LogP contribution in [0.15, 0.2) is 78.3 Å².